The molecule has 0 spiro atoms. The molecular weight excluding hydrogens is 481 g/mol. The number of rotatable bonds is 6. The first-order chi connectivity index (χ1) is 16.8. The highest BCUT2D eigenvalue weighted by Gasteiger charge is 2.26. The molecule has 180 valence electrons. The molecule has 4 aromatic rings. The molecule has 3 heterocycles. The number of halogens is 1. The number of aryl methyl sites for hydroxylation is 1. The summed E-state index contributed by atoms with van der Waals surface area (Å²) in [4.78, 5) is 35.9. The third kappa shape index (κ3) is 4.70. The van der Waals surface area contributed by atoms with Crippen molar-refractivity contribution in [1.82, 2.24) is 14.5 Å². The minimum Gasteiger partial charge on any atom is -0.296 e. The van der Waals surface area contributed by atoms with Crippen molar-refractivity contribution in [2.75, 3.05) is 12.3 Å². The van der Waals surface area contributed by atoms with Gasteiger partial charge in [0.05, 0.1) is 16.8 Å². The van der Waals surface area contributed by atoms with Crippen LogP contribution in [0, 0.1) is 12.7 Å². The van der Waals surface area contributed by atoms with E-state index in [0.717, 1.165) is 41.2 Å². The molecule has 5 nitrogen and oxygen atoms in total. The minimum atomic E-state index is -0.382. The van der Waals surface area contributed by atoms with E-state index in [1.165, 1.54) is 40.9 Å². The summed E-state index contributed by atoms with van der Waals surface area (Å²) < 4.78 is 14.9. The molecule has 8 heteroatoms. The third-order valence-corrected chi connectivity index (χ3v) is 8.44. The Kier molecular flexibility index (Phi) is 6.61. The Hall–Kier alpha value is -2.81. The lowest BCUT2D eigenvalue weighted by Crippen LogP contribution is -2.35. The standard InChI is InChI=1S/C27H26FN3O2S2/c1-16(2)30-13-12-21-23(14-30)35-25-24(21)26(33)31(20-10-4-17(3)5-11-20)27(29-25)34-15-22(32)18-6-8-19(28)9-7-18/h4-11,16H,12-15H2,1-3H3. The van der Waals surface area contributed by atoms with E-state index in [1.807, 2.05) is 31.2 Å². The molecular formula is C27H26FN3O2S2. The Bertz CT molecular complexity index is 1460. The molecule has 5 rings (SSSR count). The summed E-state index contributed by atoms with van der Waals surface area (Å²) in [7, 11) is 0. The van der Waals surface area contributed by atoms with Gasteiger partial charge in [-0.25, -0.2) is 9.37 Å². The van der Waals surface area contributed by atoms with Gasteiger partial charge in [-0.2, -0.15) is 0 Å². The van der Waals surface area contributed by atoms with Gasteiger partial charge in [0.2, 0.25) is 0 Å². The van der Waals surface area contributed by atoms with Crippen LogP contribution >= 0.6 is 23.1 Å². The first-order valence-corrected chi connectivity index (χ1v) is 13.4. The minimum absolute atomic E-state index is 0.0916. The summed E-state index contributed by atoms with van der Waals surface area (Å²) in [5.74, 6) is -0.424. The van der Waals surface area contributed by atoms with Crippen molar-refractivity contribution in [3.8, 4) is 5.69 Å². The van der Waals surface area contributed by atoms with E-state index in [2.05, 4.69) is 18.7 Å². The lowest BCUT2D eigenvalue weighted by atomic mass is 10.0. The molecule has 0 aliphatic carbocycles. The van der Waals surface area contributed by atoms with Gasteiger partial charge in [-0.15, -0.1) is 11.3 Å². The van der Waals surface area contributed by atoms with Gasteiger partial charge in [0, 0.05) is 29.6 Å². The molecule has 0 saturated heterocycles. The molecule has 0 N–H and O–H groups in total. The van der Waals surface area contributed by atoms with Gasteiger partial charge in [0.15, 0.2) is 10.9 Å². The number of Topliss-reactive ketones (excluding diaryl/α,β-unsaturated/α-hetero) is 1. The van der Waals surface area contributed by atoms with Crippen molar-refractivity contribution >= 4 is 39.1 Å². The summed E-state index contributed by atoms with van der Waals surface area (Å²) in [6, 6.07) is 13.7. The first-order valence-electron chi connectivity index (χ1n) is 11.6. The van der Waals surface area contributed by atoms with Crippen LogP contribution in [0.3, 0.4) is 0 Å². The van der Waals surface area contributed by atoms with E-state index in [9.17, 15) is 14.0 Å². The van der Waals surface area contributed by atoms with Crippen LogP contribution in [0.5, 0.6) is 0 Å². The molecule has 2 aromatic heterocycles. The van der Waals surface area contributed by atoms with Crippen molar-refractivity contribution in [2.24, 2.45) is 0 Å². The summed E-state index contributed by atoms with van der Waals surface area (Å²) in [5.41, 5.74) is 3.28. The van der Waals surface area contributed by atoms with Crippen LogP contribution in [-0.4, -0.2) is 38.6 Å². The second-order valence-electron chi connectivity index (χ2n) is 9.09. The van der Waals surface area contributed by atoms with Crippen LogP contribution in [0.4, 0.5) is 4.39 Å². The number of ketones is 1. The van der Waals surface area contributed by atoms with Crippen LogP contribution < -0.4 is 5.56 Å². The molecule has 0 radical (unpaired) electrons. The summed E-state index contributed by atoms with van der Waals surface area (Å²) in [5, 5.41) is 1.18. The van der Waals surface area contributed by atoms with Gasteiger partial charge >= 0.3 is 0 Å². The summed E-state index contributed by atoms with van der Waals surface area (Å²) in [6.07, 6.45) is 0.827. The quantitative estimate of drug-likeness (QED) is 0.192. The van der Waals surface area contributed by atoms with E-state index in [-0.39, 0.29) is 22.9 Å². The Labute approximate surface area is 211 Å². The molecule has 0 atom stereocenters. The van der Waals surface area contributed by atoms with E-state index in [0.29, 0.717) is 22.1 Å². The molecule has 2 aromatic carbocycles. The highest BCUT2D eigenvalue weighted by Crippen LogP contribution is 2.35. The number of thioether (sulfide) groups is 1. The monoisotopic (exact) mass is 507 g/mol. The lowest BCUT2D eigenvalue weighted by Gasteiger charge is -2.30. The topological polar surface area (TPSA) is 55.2 Å². The predicted molar refractivity (Wildman–Crippen MR) is 141 cm³/mol. The average molecular weight is 508 g/mol. The van der Waals surface area contributed by atoms with Crippen molar-refractivity contribution < 1.29 is 9.18 Å². The number of hydrogen-bond donors (Lipinski definition) is 0. The number of thiophene rings is 1. The van der Waals surface area contributed by atoms with Gasteiger partial charge in [0.1, 0.15) is 10.6 Å². The van der Waals surface area contributed by atoms with Crippen LogP contribution in [0.15, 0.2) is 58.5 Å². The Morgan fingerprint density at radius 3 is 2.54 bits per heavy atom. The van der Waals surface area contributed by atoms with Crippen LogP contribution in [0.25, 0.3) is 15.9 Å². The highest BCUT2D eigenvalue weighted by atomic mass is 32.2. The first kappa shape index (κ1) is 23.9. The number of fused-ring (bicyclic) bond motifs is 3. The Morgan fingerprint density at radius 1 is 1.14 bits per heavy atom. The van der Waals surface area contributed by atoms with Crippen molar-refractivity contribution in [1.29, 1.82) is 0 Å². The fraction of sp³-hybridized carbons (Fsp3) is 0.296. The SMILES string of the molecule is Cc1ccc(-n2c(SCC(=O)c3ccc(F)cc3)nc3sc4c(c3c2=O)CCN(C(C)C)C4)cc1. The number of carbonyl (C=O) groups is 1. The predicted octanol–water partition coefficient (Wildman–Crippen LogP) is 5.64. The highest BCUT2D eigenvalue weighted by molar-refractivity contribution is 7.99. The number of nitrogens with zero attached hydrogens (tertiary/aromatic N) is 3. The molecule has 0 fully saturated rings. The molecule has 0 unspecified atom stereocenters. The maximum absolute atomic E-state index is 13.9. The molecule has 1 aliphatic rings. The lowest BCUT2D eigenvalue weighted by molar-refractivity contribution is 0.102. The number of aromatic nitrogens is 2. The van der Waals surface area contributed by atoms with Crippen molar-refractivity contribution in [2.45, 2.75) is 44.9 Å². The zero-order valence-corrected chi connectivity index (χ0v) is 21.5. The van der Waals surface area contributed by atoms with Gasteiger partial charge < -0.3 is 0 Å². The van der Waals surface area contributed by atoms with Crippen LogP contribution in [0.2, 0.25) is 0 Å². The Balaban J connectivity index is 1.58. The normalized spacial score (nSPS) is 14.0. The fourth-order valence-corrected chi connectivity index (χ4v) is 6.55. The number of carbonyl (C=O) groups excluding carboxylic acids is 1. The largest absolute Gasteiger partial charge is 0.296 e. The van der Waals surface area contributed by atoms with E-state index >= 15 is 0 Å². The second kappa shape index (κ2) is 9.68. The van der Waals surface area contributed by atoms with E-state index in [1.54, 1.807) is 15.9 Å². The average Bonchev–Trinajstić information content (AvgIpc) is 3.21. The summed E-state index contributed by atoms with van der Waals surface area (Å²) >= 11 is 2.82. The van der Waals surface area contributed by atoms with Crippen molar-refractivity contribution in [3.05, 3.63) is 86.3 Å². The van der Waals surface area contributed by atoms with Crippen LogP contribution in [-0.2, 0) is 13.0 Å². The zero-order chi connectivity index (χ0) is 24.7. The van der Waals surface area contributed by atoms with Gasteiger partial charge in [-0.3, -0.25) is 19.1 Å². The van der Waals surface area contributed by atoms with Crippen molar-refractivity contribution in [3.63, 3.8) is 0 Å². The number of hydrogen-bond acceptors (Lipinski definition) is 6. The van der Waals surface area contributed by atoms with E-state index in [4.69, 9.17) is 4.98 Å². The van der Waals surface area contributed by atoms with Gasteiger partial charge in [-0.1, -0.05) is 29.5 Å². The summed E-state index contributed by atoms with van der Waals surface area (Å²) in [6.45, 7) is 8.12. The van der Waals surface area contributed by atoms with Gasteiger partial charge in [-0.05, 0) is 69.2 Å². The smallest absolute Gasteiger partial charge is 0.267 e. The molecule has 0 bridgehead atoms. The maximum Gasteiger partial charge on any atom is 0.267 e. The zero-order valence-electron chi connectivity index (χ0n) is 19.9. The molecule has 0 amide bonds. The fourth-order valence-electron chi connectivity index (χ4n) is 4.35. The maximum atomic E-state index is 13.9. The third-order valence-electron chi connectivity index (χ3n) is 6.39. The molecule has 1 aliphatic heterocycles. The molecule has 35 heavy (non-hydrogen) atoms. The van der Waals surface area contributed by atoms with Gasteiger partial charge in [0.25, 0.3) is 5.56 Å². The number of benzene rings is 2. The Morgan fingerprint density at radius 2 is 1.86 bits per heavy atom. The van der Waals surface area contributed by atoms with E-state index < -0.39 is 0 Å². The second-order valence-corrected chi connectivity index (χ2v) is 11.1. The molecule has 0 saturated carbocycles. The van der Waals surface area contributed by atoms with Crippen LogP contribution in [0.1, 0.15) is 40.2 Å².